The first kappa shape index (κ1) is 49.7. The van der Waals surface area contributed by atoms with Crippen molar-refractivity contribution >= 4 is 24.0 Å². The van der Waals surface area contributed by atoms with E-state index in [-0.39, 0.29) is 60.2 Å². The molecule has 372 valence electrons. The molecule has 2 saturated heterocycles. The molecular weight excluding hydrogens is 910 g/mol. The topological polar surface area (TPSA) is 193 Å². The first-order chi connectivity index (χ1) is 33.5. The summed E-state index contributed by atoms with van der Waals surface area (Å²) < 4.78 is 67.0. The van der Waals surface area contributed by atoms with E-state index in [2.05, 4.69) is 25.6 Å². The summed E-state index contributed by atoms with van der Waals surface area (Å²) in [5, 5.41) is 5.30. The van der Waals surface area contributed by atoms with Gasteiger partial charge in [0.05, 0.1) is 67.9 Å². The molecule has 0 radical (unpaired) electrons. The summed E-state index contributed by atoms with van der Waals surface area (Å²) in [6.07, 6.45) is -2.41. The molecule has 5 aromatic rings. The van der Waals surface area contributed by atoms with Crippen LogP contribution in [0.1, 0.15) is 88.4 Å². The van der Waals surface area contributed by atoms with Gasteiger partial charge >= 0.3 is 18.4 Å². The lowest BCUT2D eigenvalue weighted by Crippen LogP contribution is -2.51. The van der Waals surface area contributed by atoms with E-state index in [0.29, 0.717) is 61.1 Å². The van der Waals surface area contributed by atoms with Crippen molar-refractivity contribution in [2.24, 2.45) is 11.8 Å². The predicted molar refractivity (Wildman–Crippen MR) is 253 cm³/mol. The molecule has 0 aliphatic carbocycles. The van der Waals surface area contributed by atoms with Gasteiger partial charge in [0.1, 0.15) is 23.7 Å². The summed E-state index contributed by atoms with van der Waals surface area (Å²) in [6.45, 7) is 8.69. The summed E-state index contributed by atoms with van der Waals surface area (Å²) in [7, 11) is 2.48. The number of nitrogens with zero attached hydrogens (tertiary/aromatic N) is 4. The Morgan fingerprint density at radius 1 is 0.743 bits per heavy atom. The molecule has 4 bridgehead atoms. The van der Waals surface area contributed by atoms with Crippen LogP contribution in [0.2, 0.25) is 0 Å². The number of amides is 4. The fourth-order valence-electron chi connectivity index (χ4n) is 9.51. The molecule has 3 aliphatic rings. The fraction of sp³-hybridized carbons (Fsp3) is 0.451. The Hall–Kier alpha value is -6.73. The number of H-pyrrole nitrogens is 2. The average Bonchev–Trinajstić information content (AvgIpc) is 4.19. The van der Waals surface area contributed by atoms with Crippen molar-refractivity contribution in [3.05, 3.63) is 95.8 Å². The number of hydrogen-bond donors (Lipinski definition) is 4. The van der Waals surface area contributed by atoms with Crippen molar-refractivity contribution in [2.45, 2.75) is 96.4 Å². The van der Waals surface area contributed by atoms with Crippen LogP contribution in [-0.4, -0.2) is 112 Å². The Morgan fingerprint density at radius 3 is 1.93 bits per heavy atom. The van der Waals surface area contributed by atoms with Crippen LogP contribution in [0.5, 0.6) is 0 Å². The molecule has 4 N–H and O–H groups in total. The van der Waals surface area contributed by atoms with Gasteiger partial charge in [-0.2, -0.15) is 13.2 Å². The van der Waals surface area contributed by atoms with Crippen molar-refractivity contribution < 1.29 is 51.3 Å². The maximum absolute atomic E-state index is 15.2. The molecule has 3 aliphatic heterocycles. The number of ether oxygens (including phenoxy) is 4. The average molecular weight is 969 g/mol. The highest BCUT2D eigenvalue weighted by atomic mass is 19.4. The van der Waals surface area contributed by atoms with Crippen molar-refractivity contribution in [2.75, 3.05) is 40.5 Å². The fourth-order valence-corrected chi connectivity index (χ4v) is 9.51. The van der Waals surface area contributed by atoms with Crippen LogP contribution in [0.4, 0.5) is 22.8 Å². The predicted octanol–water partition coefficient (Wildman–Crippen LogP) is 8.82. The van der Waals surface area contributed by atoms with Gasteiger partial charge in [-0.3, -0.25) is 9.59 Å². The maximum atomic E-state index is 15.2. The van der Waals surface area contributed by atoms with Crippen molar-refractivity contribution in [1.82, 2.24) is 40.4 Å². The summed E-state index contributed by atoms with van der Waals surface area (Å²) in [5.41, 5.74) is 3.76. The van der Waals surface area contributed by atoms with Crippen LogP contribution >= 0.6 is 0 Å². The minimum Gasteiger partial charge on any atom is -0.453 e. The van der Waals surface area contributed by atoms with E-state index in [0.717, 1.165) is 41.3 Å². The minimum absolute atomic E-state index is 0.0470. The second-order valence-electron chi connectivity index (χ2n) is 18.6. The van der Waals surface area contributed by atoms with Crippen LogP contribution in [0.15, 0.2) is 72.9 Å². The van der Waals surface area contributed by atoms with E-state index in [1.54, 1.807) is 48.0 Å². The molecule has 2 aromatic heterocycles. The van der Waals surface area contributed by atoms with Crippen LogP contribution in [0.25, 0.3) is 44.8 Å². The van der Waals surface area contributed by atoms with Gasteiger partial charge in [0.2, 0.25) is 11.8 Å². The summed E-state index contributed by atoms with van der Waals surface area (Å²) in [5.74, 6) is -0.0806. The lowest BCUT2D eigenvalue weighted by molar-refractivity contribution is -0.137. The van der Waals surface area contributed by atoms with Gasteiger partial charge in [-0.15, -0.1) is 0 Å². The molecule has 16 nitrogen and oxygen atoms in total. The largest absolute Gasteiger partial charge is 0.453 e. The van der Waals surface area contributed by atoms with E-state index < -0.39 is 42.1 Å². The minimum atomic E-state index is -4.76. The van der Waals surface area contributed by atoms with Crippen molar-refractivity contribution in [3.8, 4) is 44.8 Å². The Morgan fingerprint density at radius 2 is 1.33 bits per heavy atom. The molecule has 0 unspecified atom stereocenters. The molecule has 70 heavy (non-hydrogen) atoms. The molecule has 0 spiro atoms. The van der Waals surface area contributed by atoms with Crippen LogP contribution in [0, 0.1) is 11.8 Å². The quantitative estimate of drug-likeness (QED) is 0.0994. The number of benzene rings is 3. The smallest absolute Gasteiger partial charge is 0.417 e. The highest BCUT2D eigenvalue weighted by Crippen LogP contribution is 2.43. The zero-order chi connectivity index (χ0) is 49.9. The zero-order valence-electron chi connectivity index (χ0n) is 40.0. The third kappa shape index (κ3) is 10.7. The number of carbonyl (C=O) groups is 4. The number of aromatic nitrogens is 4. The van der Waals surface area contributed by atoms with Crippen LogP contribution in [-0.2, 0) is 41.3 Å². The summed E-state index contributed by atoms with van der Waals surface area (Å²) >= 11 is 0. The number of fused-ring (bicyclic) bond motifs is 5. The number of imidazole rings is 2. The van der Waals surface area contributed by atoms with Gasteiger partial charge < -0.3 is 49.3 Å². The van der Waals surface area contributed by atoms with Gasteiger partial charge in [-0.1, -0.05) is 88.4 Å². The number of hydrogen-bond acceptors (Lipinski definition) is 10. The number of aromatic amines is 2. The number of alkyl carbamates (subject to hydrolysis) is 2. The number of alkyl halides is 3. The van der Waals surface area contributed by atoms with Crippen molar-refractivity contribution in [3.63, 3.8) is 0 Å². The highest BCUT2D eigenvalue weighted by molar-refractivity contribution is 5.87. The first-order valence-corrected chi connectivity index (χ1v) is 23.6. The van der Waals surface area contributed by atoms with Gasteiger partial charge in [-0.25, -0.2) is 19.6 Å². The Kier molecular flexibility index (Phi) is 15.0. The van der Waals surface area contributed by atoms with E-state index >= 15 is 13.2 Å². The van der Waals surface area contributed by atoms with E-state index in [1.807, 2.05) is 50.2 Å². The lowest BCUT2D eigenvalue weighted by Gasteiger charge is -2.30. The van der Waals surface area contributed by atoms with Gasteiger partial charge in [-0.05, 0) is 65.0 Å². The van der Waals surface area contributed by atoms with Crippen LogP contribution in [0.3, 0.4) is 0 Å². The second kappa shape index (κ2) is 21.1. The third-order valence-electron chi connectivity index (χ3n) is 13.2. The van der Waals surface area contributed by atoms with Gasteiger partial charge in [0.15, 0.2) is 0 Å². The number of methoxy groups -OCH3 is 2. The van der Waals surface area contributed by atoms with E-state index in [4.69, 9.17) is 23.9 Å². The zero-order valence-corrected chi connectivity index (χ0v) is 40.0. The Bertz CT molecular complexity index is 2670. The molecule has 0 saturated carbocycles. The molecule has 8 rings (SSSR count). The molecular formula is C51H59F3N8O8. The SMILES string of the molecule is COC(=O)N[C@H](C(=O)N1C[C@@H]2C[C@H]1c1nc(-c3ccc(-c4ccc(-c5ccc(-c6cnc([C@@H]7CCCN7C(=O)[C@H](NC(=O)OC)C(C)C)[nH]6)cc5)cc4)cc3C(F)(F)F)c([nH]1)COCCCO2)C(C)C. The lowest BCUT2D eigenvalue weighted by atomic mass is 9.95. The van der Waals surface area contributed by atoms with Crippen molar-refractivity contribution in [1.29, 1.82) is 0 Å². The van der Waals surface area contributed by atoms with Gasteiger partial charge in [0.25, 0.3) is 0 Å². The molecule has 19 heteroatoms. The molecule has 4 amide bonds. The normalized spacial score (nSPS) is 19.3. The monoisotopic (exact) mass is 968 g/mol. The molecule has 5 atom stereocenters. The Balaban J connectivity index is 1.01. The molecule has 3 aromatic carbocycles. The third-order valence-corrected chi connectivity index (χ3v) is 13.2. The number of halogens is 3. The maximum Gasteiger partial charge on any atom is 0.417 e. The summed E-state index contributed by atoms with van der Waals surface area (Å²) in [4.78, 5) is 71.3. The number of likely N-dealkylation sites (tertiary alicyclic amines) is 2. The number of carbonyl (C=O) groups excluding carboxylic acids is 4. The Labute approximate surface area is 404 Å². The molecule has 5 heterocycles. The molecule has 2 fully saturated rings. The second-order valence-corrected chi connectivity index (χ2v) is 18.6. The number of rotatable bonds is 11. The first-order valence-electron chi connectivity index (χ1n) is 23.6. The van der Waals surface area contributed by atoms with E-state index in [9.17, 15) is 19.2 Å². The van der Waals surface area contributed by atoms with E-state index in [1.165, 1.54) is 20.3 Å². The number of nitrogens with one attached hydrogen (secondary N) is 4. The standard InChI is InChI=1S/C51H59F3N8O8/c1-28(2)42(59-49(65)67-5)47(63)61-20-7-9-40(61)45-55-25-38(56-45)33-16-14-31(15-17-33)30-10-12-32(13-11-30)34-18-19-36(37(23-34)51(52,53)54)44-39-27-69-21-8-22-70-35-24-41(46(57-39)58-44)62(26-35)48(64)43(29(3)4)60-50(66)68-6/h10-19,23,25,28-29,35,40-43H,7-9,20-22,24,26-27H2,1-6H3,(H,55,56)(H,57,58)(H,59,65)(H,60,66)/t35-,40-,41-,42+,43-/m0/s1. The van der Waals surface area contributed by atoms with Gasteiger partial charge in [0, 0.05) is 38.3 Å². The highest BCUT2D eigenvalue weighted by Gasteiger charge is 2.44. The summed E-state index contributed by atoms with van der Waals surface area (Å²) in [6, 6.07) is 16.7. The van der Waals surface area contributed by atoms with Crippen LogP contribution < -0.4 is 10.6 Å².